The summed E-state index contributed by atoms with van der Waals surface area (Å²) in [7, 11) is 0. The molecule has 0 bridgehead atoms. The van der Waals surface area contributed by atoms with Crippen LogP contribution in [0.2, 0.25) is 0 Å². The van der Waals surface area contributed by atoms with Crippen LogP contribution < -0.4 is 40.0 Å². The SMILES string of the molecule is CC1(C)SC2C(N3C(=O)C(c4ccccc4)NC3(C)C)C(=O)N2C1C(=O)[O-].[Na+]. The topological polar surface area (TPSA) is 92.8 Å². The predicted molar refractivity (Wildman–Crippen MR) is 98.1 cm³/mol. The molecule has 1 N–H and O–H groups in total. The summed E-state index contributed by atoms with van der Waals surface area (Å²) in [6.07, 6.45) is 0. The Morgan fingerprint density at radius 1 is 1.11 bits per heavy atom. The summed E-state index contributed by atoms with van der Waals surface area (Å²) < 4.78 is -0.674. The molecule has 4 atom stereocenters. The molecule has 0 radical (unpaired) electrons. The first-order valence-electron chi connectivity index (χ1n) is 8.93. The maximum Gasteiger partial charge on any atom is 1.00 e. The first-order chi connectivity index (χ1) is 12.6. The van der Waals surface area contributed by atoms with Crippen molar-refractivity contribution in [3.8, 4) is 0 Å². The van der Waals surface area contributed by atoms with E-state index in [4.69, 9.17) is 0 Å². The number of amides is 2. The normalized spacial score (nSPS) is 32.6. The molecule has 0 aliphatic carbocycles. The third-order valence-electron chi connectivity index (χ3n) is 5.63. The van der Waals surface area contributed by atoms with Gasteiger partial charge in [0.05, 0.1) is 17.7 Å². The fourth-order valence-corrected chi connectivity index (χ4v) is 6.13. The van der Waals surface area contributed by atoms with Gasteiger partial charge in [0.15, 0.2) is 0 Å². The number of rotatable bonds is 3. The van der Waals surface area contributed by atoms with Gasteiger partial charge in [-0.15, -0.1) is 11.8 Å². The quantitative estimate of drug-likeness (QED) is 0.423. The number of nitrogens with zero attached hydrogens (tertiary/aromatic N) is 2. The predicted octanol–water partition coefficient (Wildman–Crippen LogP) is -2.92. The van der Waals surface area contributed by atoms with Crippen LogP contribution in [0.5, 0.6) is 0 Å². The van der Waals surface area contributed by atoms with Crippen LogP contribution in [0.3, 0.4) is 0 Å². The fraction of sp³-hybridized carbons (Fsp3) is 0.526. The second kappa shape index (κ2) is 7.02. The van der Waals surface area contributed by atoms with Gasteiger partial charge in [-0.1, -0.05) is 30.3 Å². The van der Waals surface area contributed by atoms with E-state index in [9.17, 15) is 19.5 Å². The summed E-state index contributed by atoms with van der Waals surface area (Å²) in [4.78, 5) is 40.7. The summed E-state index contributed by atoms with van der Waals surface area (Å²) in [5.74, 6) is -1.75. The number of carboxylic acid groups (broad SMARTS) is 1. The number of benzene rings is 1. The number of hydrogen-bond donors (Lipinski definition) is 1. The number of fused-ring (bicyclic) bond motifs is 1. The van der Waals surface area contributed by atoms with Gasteiger partial charge in [-0.2, -0.15) is 0 Å². The van der Waals surface area contributed by atoms with Crippen molar-refractivity contribution < 1.29 is 49.0 Å². The van der Waals surface area contributed by atoms with Gasteiger partial charge in [-0.05, 0) is 33.3 Å². The van der Waals surface area contributed by atoms with E-state index in [1.54, 1.807) is 18.7 Å². The molecule has 1 aromatic carbocycles. The van der Waals surface area contributed by atoms with Crippen LogP contribution in [0.1, 0.15) is 39.3 Å². The molecule has 0 spiro atoms. The van der Waals surface area contributed by atoms with Gasteiger partial charge in [-0.3, -0.25) is 14.9 Å². The van der Waals surface area contributed by atoms with E-state index < -0.39 is 34.5 Å². The van der Waals surface area contributed by atoms with E-state index in [1.807, 2.05) is 44.2 Å². The molecule has 4 rings (SSSR count). The van der Waals surface area contributed by atoms with Gasteiger partial charge < -0.3 is 19.7 Å². The molecule has 3 heterocycles. The number of thioether (sulfide) groups is 1. The van der Waals surface area contributed by atoms with Crippen LogP contribution in [0.15, 0.2) is 30.3 Å². The molecular weight excluding hydrogens is 389 g/mol. The maximum atomic E-state index is 13.2. The molecule has 4 unspecified atom stereocenters. The zero-order chi connectivity index (χ0) is 19.7. The molecule has 28 heavy (non-hydrogen) atoms. The van der Waals surface area contributed by atoms with E-state index in [0.29, 0.717) is 0 Å². The van der Waals surface area contributed by atoms with Crippen molar-refractivity contribution in [2.75, 3.05) is 0 Å². The zero-order valence-electron chi connectivity index (χ0n) is 16.6. The van der Waals surface area contributed by atoms with Crippen molar-refractivity contribution in [3.05, 3.63) is 35.9 Å². The molecule has 144 valence electrons. The maximum absolute atomic E-state index is 13.2. The summed E-state index contributed by atoms with van der Waals surface area (Å²) in [6, 6.07) is 7.19. The van der Waals surface area contributed by atoms with Crippen molar-refractivity contribution in [1.29, 1.82) is 0 Å². The molecule has 2 amide bonds. The van der Waals surface area contributed by atoms with Crippen LogP contribution in [0, 0.1) is 0 Å². The van der Waals surface area contributed by atoms with Crippen molar-refractivity contribution in [2.45, 2.75) is 61.6 Å². The van der Waals surface area contributed by atoms with Gasteiger partial charge in [0.1, 0.15) is 17.5 Å². The van der Waals surface area contributed by atoms with Crippen LogP contribution in [-0.4, -0.2) is 55.5 Å². The van der Waals surface area contributed by atoms with Crippen molar-refractivity contribution in [1.82, 2.24) is 15.1 Å². The Morgan fingerprint density at radius 3 is 2.29 bits per heavy atom. The third kappa shape index (κ3) is 3.01. The smallest absolute Gasteiger partial charge is 0.548 e. The van der Waals surface area contributed by atoms with Crippen LogP contribution in [-0.2, 0) is 14.4 Å². The van der Waals surface area contributed by atoms with E-state index in [1.165, 1.54) is 16.7 Å². The van der Waals surface area contributed by atoms with E-state index in [-0.39, 0.29) is 46.7 Å². The third-order valence-corrected chi connectivity index (χ3v) is 7.19. The molecule has 3 saturated heterocycles. The molecule has 0 aromatic heterocycles. The number of carbonyl (C=O) groups is 3. The average Bonchev–Trinajstić information content (AvgIpc) is 2.98. The van der Waals surface area contributed by atoms with Crippen molar-refractivity contribution in [3.63, 3.8) is 0 Å². The van der Waals surface area contributed by atoms with Crippen LogP contribution >= 0.6 is 11.8 Å². The molecule has 0 saturated carbocycles. The first-order valence-corrected chi connectivity index (χ1v) is 9.81. The summed E-state index contributed by atoms with van der Waals surface area (Å²) in [5.41, 5.74) is 0.114. The number of β-lactam (4-membered cyclic amide) rings is 1. The molecule has 3 aliphatic heterocycles. The monoisotopic (exact) mass is 411 g/mol. The second-order valence-corrected chi connectivity index (χ2v) is 10.0. The Balaban J connectivity index is 0.00000225. The van der Waals surface area contributed by atoms with Gasteiger partial charge in [-0.25, -0.2) is 0 Å². The molecular formula is C19H22N3NaO4S. The molecule has 7 nitrogen and oxygen atoms in total. The van der Waals surface area contributed by atoms with Crippen LogP contribution in [0.25, 0.3) is 0 Å². The van der Waals surface area contributed by atoms with E-state index >= 15 is 0 Å². The number of carboxylic acids is 1. The van der Waals surface area contributed by atoms with Gasteiger partial charge in [0, 0.05) is 4.75 Å². The number of aliphatic carboxylic acids is 1. The Morgan fingerprint density at radius 2 is 1.71 bits per heavy atom. The second-order valence-electron chi connectivity index (χ2n) is 8.28. The largest absolute Gasteiger partial charge is 1.00 e. The number of carbonyl (C=O) groups excluding carboxylic acids is 3. The van der Waals surface area contributed by atoms with E-state index in [0.717, 1.165) is 5.56 Å². The summed E-state index contributed by atoms with van der Waals surface area (Å²) in [5, 5.41) is 14.5. The Kier molecular flexibility index (Phi) is 5.43. The summed E-state index contributed by atoms with van der Waals surface area (Å²) in [6.45, 7) is 7.32. The van der Waals surface area contributed by atoms with E-state index in [2.05, 4.69) is 5.32 Å². The summed E-state index contributed by atoms with van der Waals surface area (Å²) >= 11 is 1.42. The minimum atomic E-state index is -1.26. The van der Waals surface area contributed by atoms with Crippen molar-refractivity contribution >= 4 is 29.5 Å². The molecule has 9 heteroatoms. The number of hydrogen-bond acceptors (Lipinski definition) is 6. The molecule has 3 aliphatic rings. The van der Waals surface area contributed by atoms with Gasteiger partial charge in [0.2, 0.25) is 11.8 Å². The van der Waals surface area contributed by atoms with Crippen LogP contribution in [0.4, 0.5) is 0 Å². The van der Waals surface area contributed by atoms with Gasteiger partial charge >= 0.3 is 29.6 Å². The molecule has 3 fully saturated rings. The Bertz CT molecular complexity index is 832. The number of nitrogens with one attached hydrogen (secondary N) is 1. The zero-order valence-corrected chi connectivity index (χ0v) is 19.4. The minimum absolute atomic E-state index is 0. The fourth-order valence-electron chi connectivity index (χ4n) is 4.47. The Hall–Kier alpha value is -1.06. The first kappa shape index (κ1) is 21.6. The van der Waals surface area contributed by atoms with Gasteiger partial charge in [0.25, 0.3) is 0 Å². The molecule has 1 aromatic rings. The minimum Gasteiger partial charge on any atom is -0.548 e. The Labute approximate surface area is 190 Å². The van der Waals surface area contributed by atoms with Crippen molar-refractivity contribution in [2.24, 2.45) is 0 Å². The average molecular weight is 411 g/mol. The standard InChI is InChI=1S/C19H23N3O4S.Na/c1-18(2)13(17(25)26)21-15(24)12(16(21)27-18)22-14(23)11(20-19(22,3)4)10-8-6-5-7-9-10;/h5-9,11-13,16,20H,1-4H3,(H,25,26);/q;+1/p-1.